The number of benzene rings is 3. The normalized spacial score (nSPS) is 11.2. The second-order valence-corrected chi connectivity index (χ2v) is 8.93. The highest BCUT2D eigenvalue weighted by molar-refractivity contribution is 7.99. The number of carbonyl (C=O) groups excluding carboxylic acids is 1. The molecule has 0 aliphatic heterocycles. The highest BCUT2D eigenvalue weighted by Crippen LogP contribution is 2.41. The van der Waals surface area contributed by atoms with Crippen molar-refractivity contribution in [2.24, 2.45) is 5.16 Å². The highest BCUT2D eigenvalue weighted by Gasteiger charge is 2.21. The topological polar surface area (TPSA) is 120 Å². The number of hydrogen-bond acceptors (Lipinski definition) is 9. The predicted molar refractivity (Wildman–Crippen MR) is 146 cm³/mol. The molecule has 0 saturated carbocycles. The van der Waals surface area contributed by atoms with Gasteiger partial charge in [-0.2, -0.15) is 0 Å². The Labute approximate surface area is 224 Å². The van der Waals surface area contributed by atoms with Gasteiger partial charge in [0.15, 0.2) is 22.5 Å². The Balaban J connectivity index is 1.61. The van der Waals surface area contributed by atoms with Gasteiger partial charge in [0, 0.05) is 16.9 Å². The van der Waals surface area contributed by atoms with Gasteiger partial charge in [0.05, 0.1) is 32.8 Å². The molecule has 2 N–H and O–H groups in total. The number of nitrogens with zero attached hydrogens (tertiary/aromatic N) is 4. The molecule has 1 heterocycles. The number of ether oxygens (including phenoxy) is 3. The third-order valence-electron chi connectivity index (χ3n) is 5.64. The lowest BCUT2D eigenvalue weighted by Crippen LogP contribution is -2.14. The van der Waals surface area contributed by atoms with Crippen LogP contribution in [0.1, 0.15) is 12.5 Å². The van der Waals surface area contributed by atoms with Crippen LogP contribution in [0.25, 0.3) is 17.1 Å². The van der Waals surface area contributed by atoms with E-state index in [1.165, 1.54) is 11.8 Å². The Morgan fingerprint density at radius 3 is 2.21 bits per heavy atom. The zero-order valence-electron chi connectivity index (χ0n) is 21.3. The summed E-state index contributed by atoms with van der Waals surface area (Å²) in [6, 6.07) is 20.3. The van der Waals surface area contributed by atoms with Crippen LogP contribution < -0.4 is 19.5 Å². The molecule has 1 amide bonds. The number of amides is 1. The Kier molecular flexibility index (Phi) is 8.49. The third-order valence-corrected chi connectivity index (χ3v) is 6.57. The van der Waals surface area contributed by atoms with E-state index in [9.17, 15) is 4.79 Å². The minimum Gasteiger partial charge on any atom is -0.493 e. The molecule has 11 heteroatoms. The van der Waals surface area contributed by atoms with Crippen LogP contribution in [0, 0.1) is 0 Å². The highest BCUT2D eigenvalue weighted by atomic mass is 32.2. The molecule has 0 spiro atoms. The Morgan fingerprint density at radius 1 is 0.974 bits per heavy atom. The van der Waals surface area contributed by atoms with Crippen LogP contribution in [0.15, 0.2) is 77.0 Å². The van der Waals surface area contributed by atoms with Crippen molar-refractivity contribution in [3.63, 3.8) is 0 Å². The standard InChI is InChI=1S/C27H27N5O5S/c1-17(31-34)18-10-12-20(13-11-18)28-24(33)16-38-27-30-29-26(32(27)21-8-6-5-7-9-21)19-14-22(35-2)25(37-4)23(15-19)36-3/h5-15,34H,16H2,1-4H3,(H,28,33)/b31-17+. The predicted octanol–water partition coefficient (Wildman–Crippen LogP) is 4.89. The van der Waals surface area contributed by atoms with Gasteiger partial charge in [-0.15, -0.1) is 10.2 Å². The minimum absolute atomic E-state index is 0.110. The van der Waals surface area contributed by atoms with E-state index >= 15 is 0 Å². The number of anilines is 1. The molecule has 3 aromatic carbocycles. The molecule has 0 bridgehead atoms. The van der Waals surface area contributed by atoms with Crippen molar-refractivity contribution >= 4 is 29.1 Å². The first-order valence-electron chi connectivity index (χ1n) is 11.5. The van der Waals surface area contributed by atoms with Crippen molar-refractivity contribution in [3.05, 3.63) is 72.3 Å². The van der Waals surface area contributed by atoms with Crippen molar-refractivity contribution in [2.75, 3.05) is 32.4 Å². The Morgan fingerprint density at radius 2 is 1.63 bits per heavy atom. The number of nitrogens with one attached hydrogen (secondary N) is 1. The number of oxime groups is 1. The largest absolute Gasteiger partial charge is 0.493 e. The molecular weight excluding hydrogens is 506 g/mol. The van der Waals surface area contributed by atoms with Gasteiger partial charge in [-0.1, -0.05) is 47.2 Å². The fourth-order valence-corrected chi connectivity index (χ4v) is 4.50. The van der Waals surface area contributed by atoms with E-state index in [0.717, 1.165) is 11.3 Å². The van der Waals surface area contributed by atoms with Crippen LogP contribution in [-0.4, -0.2) is 58.7 Å². The molecule has 38 heavy (non-hydrogen) atoms. The van der Waals surface area contributed by atoms with Crippen LogP contribution in [0.2, 0.25) is 0 Å². The fraction of sp³-hybridized carbons (Fsp3) is 0.185. The van der Waals surface area contributed by atoms with Crippen molar-refractivity contribution in [1.29, 1.82) is 0 Å². The third kappa shape index (κ3) is 5.73. The van der Waals surface area contributed by atoms with E-state index in [1.807, 2.05) is 34.9 Å². The van der Waals surface area contributed by atoms with Crippen LogP contribution in [-0.2, 0) is 4.79 Å². The van der Waals surface area contributed by atoms with Crippen LogP contribution in [0.4, 0.5) is 5.69 Å². The molecule has 4 aromatic rings. The van der Waals surface area contributed by atoms with E-state index in [2.05, 4.69) is 20.7 Å². The van der Waals surface area contributed by atoms with Crippen molar-refractivity contribution in [1.82, 2.24) is 14.8 Å². The summed E-state index contributed by atoms with van der Waals surface area (Å²) >= 11 is 1.26. The van der Waals surface area contributed by atoms with Gasteiger partial charge < -0.3 is 24.7 Å². The van der Waals surface area contributed by atoms with Gasteiger partial charge in [0.25, 0.3) is 0 Å². The smallest absolute Gasteiger partial charge is 0.234 e. The molecule has 4 rings (SSSR count). The number of para-hydroxylation sites is 1. The molecule has 0 radical (unpaired) electrons. The lowest BCUT2D eigenvalue weighted by molar-refractivity contribution is -0.113. The summed E-state index contributed by atoms with van der Waals surface area (Å²) in [5.74, 6) is 1.91. The van der Waals surface area contributed by atoms with E-state index in [-0.39, 0.29) is 11.7 Å². The zero-order valence-corrected chi connectivity index (χ0v) is 22.2. The van der Waals surface area contributed by atoms with E-state index in [4.69, 9.17) is 19.4 Å². The zero-order chi connectivity index (χ0) is 27.1. The maximum atomic E-state index is 12.7. The number of methoxy groups -OCH3 is 3. The van der Waals surface area contributed by atoms with Crippen molar-refractivity contribution in [3.8, 4) is 34.3 Å². The molecular formula is C27H27N5O5S. The number of aromatic nitrogens is 3. The summed E-state index contributed by atoms with van der Waals surface area (Å²) < 4.78 is 18.4. The summed E-state index contributed by atoms with van der Waals surface area (Å²) in [6.45, 7) is 1.69. The average molecular weight is 534 g/mol. The van der Waals surface area contributed by atoms with Gasteiger partial charge >= 0.3 is 0 Å². The van der Waals surface area contributed by atoms with Crippen molar-refractivity contribution in [2.45, 2.75) is 12.1 Å². The van der Waals surface area contributed by atoms with Gasteiger partial charge in [-0.25, -0.2) is 0 Å². The van der Waals surface area contributed by atoms with Crippen molar-refractivity contribution < 1.29 is 24.2 Å². The second-order valence-electron chi connectivity index (χ2n) is 7.99. The molecule has 0 saturated heterocycles. The molecule has 10 nitrogen and oxygen atoms in total. The number of hydrogen-bond donors (Lipinski definition) is 2. The lowest BCUT2D eigenvalue weighted by Gasteiger charge is -2.15. The number of carbonyl (C=O) groups is 1. The Hall–Kier alpha value is -4.51. The first-order valence-corrected chi connectivity index (χ1v) is 12.5. The summed E-state index contributed by atoms with van der Waals surface area (Å²) in [6.07, 6.45) is 0. The lowest BCUT2D eigenvalue weighted by atomic mass is 10.1. The van der Waals surface area contributed by atoms with Gasteiger partial charge in [-0.3, -0.25) is 9.36 Å². The van der Waals surface area contributed by atoms with Gasteiger partial charge in [0.1, 0.15) is 0 Å². The number of thioether (sulfide) groups is 1. The fourth-order valence-electron chi connectivity index (χ4n) is 3.75. The van der Waals surface area contributed by atoms with Gasteiger partial charge in [-0.05, 0) is 48.9 Å². The van der Waals surface area contributed by atoms with E-state index < -0.39 is 0 Å². The van der Waals surface area contributed by atoms with Crippen LogP contribution in [0.3, 0.4) is 0 Å². The summed E-state index contributed by atoms with van der Waals surface area (Å²) in [5.41, 5.74) is 3.42. The molecule has 1 aromatic heterocycles. The van der Waals surface area contributed by atoms with E-state index in [1.54, 1.807) is 64.7 Å². The van der Waals surface area contributed by atoms with E-state index in [0.29, 0.717) is 45.2 Å². The number of rotatable bonds is 10. The molecule has 0 aliphatic rings. The molecule has 196 valence electrons. The molecule has 0 atom stereocenters. The molecule has 0 fully saturated rings. The summed E-state index contributed by atoms with van der Waals surface area (Å²) in [7, 11) is 4.65. The second kappa shape index (κ2) is 12.2. The maximum Gasteiger partial charge on any atom is 0.234 e. The first-order chi connectivity index (χ1) is 18.5. The molecule has 0 unspecified atom stereocenters. The average Bonchev–Trinajstić information content (AvgIpc) is 3.39. The SMILES string of the molecule is COc1cc(-c2nnc(SCC(=O)Nc3ccc(/C(C)=N/O)cc3)n2-c2ccccc2)cc(OC)c1OC. The van der Waals surface area contributed by atoms with Crippen LogP contribution >= 0.6 is 11.8 Å². The quantitative estimate of drug-likeness (QED) is 0.128. The van der Waals surface area contributed by atoms with Gasteiger partial charge in [0.2, 0.25) is 11.7 Å². The minimum atomic E-state index is -0.202. The Bertz CT molecular complexity index is 1410. The summed E-state index contributed by atoms with van der Waals surface area (Å²) in [4.78, 5) is 12.7. The monoisotopic (exact) mass is 533 g/mol. The maximum absolute atomic E-state index is 12.7. The first kappa shape index (κ1) is 26.6. The molecule has 0 aliphatic carbocycles. The summed E-state index contributed by atoms with van der Waals surface area (Å²) in [5, 5.41) is 24.4. The van der Waals surface area contributed by atoms with Crippen LogP contribution in [0.5, 0.6) is 17.2 Å².